The molecule has 43 heavy (non-hydrogen) atoms. The lowest BCUT2D eigenvalue weighted by Crippen LogP contribution is -2.49. The van der Waals surface area contributed by atoms with Crippen LogP contribution >= 0.6 is 11.6 Å². The molecular formula is C36H29ClN2O4. The van der Waals surface area contributed by atoms with E-state index in [4.69, 9.17) is 16.3 Å². The Morgan fingerprint density at radius 2 is 1.58 bits per heavy atom. The van der Waals surface area contributed by atoms with E-state index in [1.807, 2.05) is 79.6 Å². The minimum absolute atomic E-state index is 0.0193. The van der Waals surface area contributed by atoms with Gasteiger partial charge in [0.25, 0.3) is 0 Å². The molecule has 0 aromatic heterocycles. The first-order valence-corrected chi connectivity index (χ1v) is 14.8. The van der Waals surface area contributed by atoms with Crippen LogP contribution in [0, 0.1) is 5.92 Å². The minimum atomic E-state index is -1.41. The number of nitrogens with zero attached hydrogens (tertiary/aromatic N) is 1. The molecule has 3 aliphatic rings. The fraction of sp³-hybridized carbons (Fsp3) is 0.194. The Labute approximate surface area is 254 Å². The van der Waals surface area contributed by atoms with Crippen LogP contribution in [0.2, 0.25) is 5.02 Å². The number of rotatable bonds is 6. The van der Waals surface area contributed by atoms with Crippen LogP contribution in [0.1, 0.15) is 57.3 Å². The highest BCUT2D eigenvalue weighted by atomic mass is 35.5. The van der Waals surface area contributed by atoms with Crippen LogP contribution in [0.25, 0.3) is 6.08 Å². The molecule has 0 unspecified atom stereocenters. The normalized spacial score (nSPS) is 23.1. The summed E-state index contributed by atoms with van der Waals surface area (Å²) in [5.41, 5.74) is 2.45. The molecule has 1 spiro atoms. The molecule has 0 aliphatic carbocycles. The van der Waals surface area contributed by atoms with Crippen LogP contribution in [0.3, 0.4) is 0 Å². The molecule has 4 aromatic carbocycles. The Kier molecular flexibility index (Phi) is 6.47. The fourth-order valence-corrected chi connectivity index (χ4v) is 7.37. The van der Waals surface area contributed by atoms with Gasteiger partial charge in [-0.3, -0.25) is 14.4 Å². The molecule has 214 valence electrons. The number of carbonyl (C=O) groups is 3. The Hall–Kier alpha value is -4.68. The zero-order chi connectivity index (χ0) is 29.9. The molecule has 7 heteroatoms. The van der Waals surface area contributed by atoms with Gasteiger partial charge in [0.2, 0.25) is 5.91 Å². The smallest absolute Gasteiger partial charge is 0.238 e. The Morgan fingerprint density at radius 1 is 0.884 bits per heavy atom. The molecule has 1 fully saturated rings. The summed E-state index contributed by atoms with van der Waals surface area (Å²) < 4.78 is 5.80. The van der Waals surface area contributed by atoms with Crippen molar-refractivity contribution < 1.29 is 19.1 Å². The number of anilines is 1. The van der Waals surface area contributed by atoms with E-state index in [1.165, 1.54) is 0 Å². The number of ketones is 2. The van der Waals surface area contributed by atoms with Gasteiger partial charge in [-0.2, -0.15) is 0 Å². The maximum absolute atomic E-state index is 14.9. The zero-order valence-electron chi connectivity index (χ0n) is 23.7. The lowest BCUT2D eigenvalue weighted by Gasteiger charge is -2.38. The van der Waals surface area contributed by atoms with Crippen molar-refractivity contribution >= 4 is 40.8 Å². The summed E-state index contributed by atoms with van der Waals surface area (Å²) in [5, 5.41) is 3.34. The summed E-state index contributed by atoms with van der Waals surface area (Å²) in [6.45, 7) is 3.88. The summed E-state index contributed by atoms with van der Waals surface area (Å²) in [5.74, 6) is -1.36. The predicted molar refractivity (Wildman–Crippen MR) is 166 cm³/mol. The number of ether oxygens (including phenoxy) is 1. The second-order valence-corrected chi connectivity index (χ2v) is 11.9. The van der Waals surface area contributed by atoms with E-state index in [-0.39, 0.29) is 34.2 Å². The summed E-state index contributed by atoms with van der Waals surface area (Å²) in [6.07, 6.45) is 3.79. The molecule has 0 radical (unpaired) electrons. The van der Waals surface area contributed by atoms with E-state index in [0.29, 0.717) is 22.6 Å². The van der Waals surface area contributed by atoms with Crippen molar-refractivity contribution in [2.75, 3.05) is 5.32 Å². The standard InChI is InChI=1S/C36H29ClN2O4/c1-21(2)43-24-17-15-23(16-18-24)32(40)31-30(33(41)26-11-5-7-13-28(26)37)36(27-12-6-8-14-29(27)38-35(36)42)34-25-10-4-3-9-22(25)19-20-39(31)34/h3-21,30-31,34H,1-2H3,(H,38,42)/t30-,31-,34+,36-/m0/s1. The van der Waals surface area contributed by atoms with Gasteiger partial charge < -0.3 is 15.0 Å². The van der Waals surface area contributed by atoms with Gasteiger partial charge in [-0.05, 0) is 79.1 Å². The van der Waals surface area contributed by atoms with Crippen LogP contribution in [0.4, 0.5) is 5.69 Å². The van der Waals surface area contributed by atoms with Crippen molar-refractivity contribution in [2.45, 2.75) is 37.5 Å². The maximum Gasteiger partial charge on any atom is 0.238 e. The molecule has 0 saturated carbocycles. The SMILES string of the molecule is CC(C)Oc1ccc(C(=O)[C@@H]2[C@@H](C(=O)c3ccccc3Cl)[C@]3(C(=O)Nc4ccccc43)[C@H]3c4ccccc4C=CN23)cc1. The topological polar surface area (TPSA) is 75.7 Å². The number of para-hydroxylation sites is 1. The van der Waals surface area contributed by atoms with Crippen LogP contribution in [-0.2, 0) is 10.2 Å². The molecule has 3 heterocycles. The molecule has 6 nitrogen and oxygen atoms in total. The molecule has 4 aromatic rings. The average Bonchev–Trinajstić information content (AvgIpc) is 3.49. The monoisotopic (exact) mass is 588 g/mol. The number of Topliss-reactive ketones (excluding diaryl/α,β-unsaturated/α-hetero) is 2. The number of halogens is 1. The number of hydrogen-bond donors (Lipinski definition) is 1. The lowest BCUT2D eigenvalue weighted by molar-refractivity contribution is -0.122. The molecule has 1 amide bonds. The molecule has 1 N–H and O–H groups in total. The average molecular weight is 589 g/mol. The van der Waals surface area contributed by atoms with E-state index in [0.717, 1.165) is 11.1 Å². The maximum atomic E-state index is 14.9. The number of hydrogen-bond acceptors (Lipinski definition) is 5. The molecule has 7 rings (SSSR count). The fourth-order valence-electron chi connectivity index (χ4n) is 7.14. The zero-order valence-corrected chi connectivity index (χ0v) is 24.4. The molecule has 3 aliphatic heterocycles. The van der Waals surface area contributed by atoms with Gasteiger partial charge in [0.05, 0.1) is 23.1 Å². The van der Waals surface area contributed by atoms with Crippen molar-refractivity contribution in [1.29, 1.82) is 0 Å². The number of amides is 1. The van der Waals surface area contributed by atoms with E-state index in [1.54, 1.807) is 48.5 Å². The minimum Gasteiger partial charge on any atom is -0.491 e. The van der Waals surface area contributed by atoms with E-state index in [9.17, 15) is 14.4 Å². The van der Waals surface area contributed by atoms with Crippen molar-refractivity contribution in [1.82, 2.24) is 4.90 Å². The lowest BCUT2D eigenvalue weighted by atomic mass is 9.62. The Balaban J connectivity index is 1.49. The highest BCUT2D eigenvalue weighted by Gasteiger charge is 2.70. The van der Waals surface area contributed by atoms with Crippen molar-refractivity contribution in [2.24, 2.45) is 5.92 Å². The Bertz CT molecular complexity index is 1810. The molecular weight excluding hydrogens is 560 g/mol. The third kappa shape index (κ3) is 4.04. The summed E-state index contributed by atoms with van der Waals surface area (Å²) in [7, 11) is 0. The van der Waals surface area contributed by atoms with Gasteiger partial charge in [-0.1, -0.05) is 66.2 Å². The van der Waals surface area contributed by atoms with E-state index in [2.05, 4.69) is 5.32 Å². The molecule has 4 atom stereocenters. The van der Waals surface area contributed by atoms with E-state index < -0.39 is 23.4 Å². The van der Waals surface area contributed by atoms with Gasteiger partial charge in [0.1, 0.15) is 17.2 Å². The van der Waals surface area contributed by atoms with Gasteiger partial charge >= 0.3 is 0 Å². The van der Waals surface area contributed by atoms with Gasteiger partial charge in [-0.25, -0.2) is 0 Å². The second-order valence-electron chi connectivity index (χ2n) is 11.5. The second kappa shape index (κ2) is 10.2. The third-order valence-corrected chi connectivity index (χ3v) is 9.10. The number of carbonyl (C=O) groups excluding carboxylic acids is 3. The van der Waals surface area contributed by atoms with Crippen molar-refractivity contribution in [3.05, 3.63) is 136 Å². The first-order valence-electron chi connectivity index (χ1n) is 14.4. The van der Waals surface area contributed by atoms with Crippen molar-refractivity contribution in [3.8, 4) is 5.75 Å². The first-order chi connectivity index (χ1) is 20.8. The third-order valence-electron chi connectivity index (χ3n) is 8.77. The van der Waals surface area contributed by atoms with Gasteiger partial charge in [0.15, 0.2) is 11.6 Å². The first kappa shape index (κ1) is 27.2. The van der Waals surface area contributed by atoms with Gasteiger partial charge in [0, 0.05) is 23.0 Å². The number of benzene rings is 4. The summed E-state index contributed by atoms with van der Waals surface area (Å²) >= 11 is 6.62. The molecule has 1 saturated heterocycles. The van der Waals surface area contributed by atoms with Crippen LogP contribution in [-0.4, -0.2) is 34.5 Å². The number of fused-ring (bicyclic) bond motifs is 6. The quantitative estimate of drug-likeness (QED) is 0.243. The van der Waals surface area contributed by atoms with Crippen LogP contribution in [0.15, 0.2) is 103 Å². The summed E-state index contributed by atoms with van der Waals surface area (Å²) in [6, 6.07) is 27.5. The molecule has 0 bridgehead atoms. The largest absolute Gasteiger partial charge is 0.491 e. The Morgan fingerprint density at radius 3 is 2.35 bits per heavy atom. The van der Waals surface area contributed by atoms with Crippen molar-refractivity contribution in [3.63, 3.8) is 0 Å². The summed E-state index contributed by atoms with van der Waals surface area (Å²) in [4.78, 5) is 46.0. The van der Waals surface area contributed by atoms with E-state index >= 15 is 0 Å². The number of nitrogens with one attached hydrogen (secondary N) is 1. The van der Waals surface area contributed by atoms with Crippen LogP contribution < -0.4 is 10.1 Å². The van der Waals surface area contributed by atoms with Gasteiger partial charge in [-0.15, -0.1) is 0 Å². The highest BCUT2D eigenvalue weighted by Crippen LogP contribution is 2.62. The van der Waals surface area contributed by atoms with Crippen LogP contribution in [0.5, 0.6) is 5.75 Å². The predicted octanol–water partition coefficient (Wildman–Crippen LogP) is 7.11. The highest BCUT2D eigenvalue weighted by molar-refractivity contribution is 6.34.